The Morgan fingerprint density at radius 1 is 0.655 bits per heavy atom. The highest BCUT2D eigenvalue weighted by molar-refractivity contribution is 5.79. The summed E-state index contributed by atoms with van der Waals surface area (Å²) in [6, 6.07) is 16.2. The van der Waals surface area contributed by atoms with Gasteiger partial charge in [0.1, 0.15) is 24.3 Å². The molecular formula is C44H54N4O10. The molecule has 4 aromatic rings. The zero-order valence-electron chi connectivity index (χ0n) is 34.0. The van der Waals surface area contributed by atoms with Crippen LogP contribution in [-0.4, -0.2) is 80.8 Å². The summed E-state index contributed by atoms with van der Waals surface area (Å²) in [5.74, 6) is -0.122. The maximum Gasteiger partial charge on any atom is 0.326 e. The molecule has 0 unspecified atom stereocenters. The van der Waals surface area contributed by atoms with Gasteiger partial charge < -0.3 is 39.4 Å². The average Bonchev–Trinajstić information content (AvgIpc) is 4.16. The number of hydrogen-bond acceptors (Lipinski definition) is 12. The molecule has 0 aliphatic heterocycles. The predicted molar refractivity (Wildman–Crippen MR) is 215 cm³/mol. The fraction of sp³-hybridized carbons (Fsp3) is 0.455. The zero-order chi connectivity index (χ0) is 41.8. The number of aromatic nitrogens is 2. The number of benzene rings is 2. The lowest BCUT2D eigenvalue weighted by Gasteiger charge is -2.24. The highest BCUT2D eigenvalue weighted by atomic mass is 16.5. The number of rotatable bonds is 21. The van der Waals surface area contributed by atoms with Gasteiger partial charge >= 0.3 is 11.9 Å². The van der Waals surface area contributed by atoms with Gasteiger partial charge in [-0.15, -0.1) is 0 Å². The number of carboxylic acid groups (broad SMARTS) is 2. The number of ether oxygens (including phenoxy) is 4. The summed E-state index contributed by atoms with van der Waals surface area (Å²) < 4.78 is 24.1. The van der Waals surface area contributed by atoms with Crippen molar-refractivity contribution >= 4 is 11.9 Å². The Labute approximate surface area is 338 Å². The Bertz CT molecular complexity index is 2000. The summed E-state index contributed by atoms with van der Waals surface area (Å²) in [7, 11) is 3.03. The lowest BCUT2D eigenvalue weighted by atomic mass is 9.92. The summed E-state index contributed by atoms with van der Waals surface area (Å²) in [6.07, 6.45) is 4.01. The van der Waals surface area contributed by atoms with Gasteiger partial charge in [0.2, 0.25) is 23.5 Å². The van der Waals surface area contributed by atoms with Crippen molar-refractivity contribution in [3.05, 3.63) is 93.0 Å². The third kappa shape index (κ3) is 9.20. The van der Waals surface area contributed by atoms with Crippen molar-refractivity contribution in [1.82, 2.24) is 20.6 Å². The van der Waals surface area contributed by atoms with Gasteiger partial charge in [-0.05, 0) is 111 Å². The number of pyridine rings is 2. The van der Waals surface area contributed by atoms with Gasteiger partial charge in [0.05, 0.1) is 27.4 Å². The van der Waals surface area contributed by atoms with E-state index in [1.807, 2.05) is 36.4 Å². The molecule has 2 fully saturated rings. The molecule has 0 bridgehead atoms. The van der Waals surface area contributed by atoms with E-state index in [2.05, 4.69) is 36.6 Å². The molecule has 2 aliphatic rings. The molecule has 310 valence electrons. The second-order valence-electron chi connectivity index (χ2n) is 15.7. The van der Waals surface area contributed by atoms with E-state index in [1.165, 1.54) is 28.1 Å². The number of hydrogen-bond donors (Lipinski definition) is 6. The molecule has 0 amide bonds. The minimum absolute atomic E-state index is 0.141. The molecule has 58 heavy (non-hydrogen) atoms. The molecular weight excluding hydrogens is 745 g/mol. The lowest BCUT2D eigenvalue weighted by Crippen LogP contribution is -2.52. The van der Waals surface area contributed by atoms with Crippen LogP contribution in [0, 0.1) is 13.8 Å². The molecule has 6 N–H and O–H groups in total. The zero-order valence-corrected chi connectivity index (χ0v) is 34.0. The van der Waals surface area contributed by atoms with E-state index in [0.717, 1.165) is 70.2 Å². The first-order valence-corrected chi connectivity index (χ1v) is 19.5. The number of carbonyl (C=O) groups is 2. The maximum atomic E-state index is 11.7. The highest BCUT2D eigenvalue weighted by Gasteiger charge is 2.35. The van der Waals surface area contributed by atoms with Crippen molar-refractivity contribution in [2.75, 3.05) is 27.4 Å². The highest BCUT2D eigenvalue weighted by Crippen LogP contribution is 2.46. The summed E-state index contributed by atoms with van der Waals surface area (Å²) in [5, 5.41) is 44.5. The van der Waals surface area contributed by atoms with Crippen LogP contribution in [0.25, 0.3) is 11.1 Å². The standard InChI is InChI=1S/C44H54N4O10/c1-25-29(21-57-39-35(27-13-14-27)17-31(37(47-39)55-5)19-45-43(3,23-49)41(51)52)9-7-11-33(25)34-12-8-10-30(26(34)2)22-58-40-36(28-15-16-28)18-32(38(48-40)56-6)20-46-44(4,24-50)42(53)54/h7-12,17-18,27-28,45-46,49-50H,13-16,19-24H2,1-6H3,(H,51,52)(H,53,54)/t43-,44-/m1/s1. The SMILES string of the molecule is COc1nc(OCc2cccc(-c3cccc(COc4nc(OC)c(CN[C@](C)(CO)C(=O)O)cc4C4CC4)c3C)c2C)c(C2CC2)cc1CN[C@](C)(CO)C(=O)O. The van der Waals surface area contributed by atoms with Crippen molar-refractivity contribution in [3.63, 3.8) is 0 Å². The molecule has 2 aromatic heterocycles. The molecule has 0 saturated heterocycles. The topological polar surface area (TPSA) is 202 Å². The molecule has 0 spiro atoms. The molecule has 14 nitrogen and oxygen atoms in total. The number of nitrogens with zero attached hydrogens (tertiary/aromatic N) is 2. The third-order valence-electron chi connectivity index (χ3n) is 11.4. The Balaban J connectivity index is 1.19. The molecule has 2 saturated carbocycles. The van der Waals surface area contributed by atoms with E-state index in [1.54, 1.807) is 0 Å². The normalized spacial score (nSPS) is 15.9. The van der Waals surface area contributed by atoms with Crippen molar-refractivity contribution < 1.29 is 49.0 Å². The Hall–Kier alpha value is -5.28. The Morgan fingerprint density at radius 3 is 1.34 bits per heavy atom. The van der Waals surface area contributed by atoms with Gasteiger partial charge in [0.25, 0.3) is 0 Å². The molecule has 2 aliphatic carbocycles. The number of methoxy groups -OCH3 is 2. The van der Waals surface area contributed by atoms with E-state index in [-0.39, 0.29) is 38.1 Å². The number of aliphatic carboxylic acids is 2. The molecule has 2 aromatic carbocycles. The fourth-order valence-corrected chi connectivity index (χ4v) is 6.83. The van der Waals surface area contributed by atoms with E-state index in [9.17, 15) is 30.0 Å². The van der Waals surface area contributed by atoms with Gasteiger partial charge in [-0.3, -0.25) is 20.2 Å². The minimum Gasteiger partial charge on any atom is -0.481 e. The van der Waals surface area contributed by atoms with Crippen LogP contribution in [0.1, 0.15) is 95.9 Å². The minimum atomic E-state index is -1.51. The smallest absolute Gasteiger partial charge is 0.326 e. The van der Waals surface area contributed by atoms with Crippen LogP contribution in [-0.2, 0) is 35.9 Å². The number of aliphatic hydroxyl groups is 2. The lowest BCUT2D eigenvalue weighted by molar-refractivity contribution is -0.146. The first kappa shape index (κ1) is 42.3. The quantitative estimate of drug-likeness (QED) is 0.0614. The summed E-state index contributed by atoms with van der Waals surface area (Å²) in [6.45, 7) is 6.71. The van der Waals surface area contributed by atoms with Gasteiger partial charge in [0.15, 0.2) is 0 Å². The summed E-state index contributed by atoms with van der Waals surface area (Å²) >= 11 is 0. The number of carboxylic acids is 2. The summed E-state index contributed by atoms with van der Waals surface area (Å²) in [5.41, 5.74) is 6.47. The van der Waals surface area contributed by atoms with E-state index in [0.29, 0.717) is 34.6 Å². The second-order valence-corrected chi connectivity index (χ2v) is 15.7. The van der Waals surface area contributed by atoms with Crippen LogP contribution < -0.4 is 29.6 Å². The third-order valence-corrected chi connectivity index (χ3v) is 11.4. The van der Waals surface area contributed by atoms with E-state index in [4.69, 9.17) is 28.9 Å². The van der Waals surface area contributed by atoms with Gasteiger partial charge in [-0.25, -0.2) is 0 Å². The van der Waals surface area contributed by atoms with Gasteiger partial charge in [-0.2, -0.15) is 9.97 Å². The van der Waals surface area contributed by atoms with E-state index >= 15 is 0 Å². The molecule has 0 radical (unpaired) electrons. The van der Waals surface area contributed by atoms with Crippen LogP contribution in [0.2, 0.25) is 0 Å². The fourth-order valence-electron chi connectivity index (χ4n) is 6.83. The Morgan fingerprint density at radius 2 is 1.03 bits per heavy atom. The predicted octanol–water partition coefficient (Wildman–Crippen LogP) is 5.54. The van der Waals surface area contributed by atoms with E-state index < -0.39 is 36.2 Å². The monoisotopic (exact) mass is 798 g/mol. The second kappa shape index (κ2) is 17.7. The molecule has 2 atom stereocenters. The van der Waals surface area contributed by atoms with Crippen LogP contribution in [0.15, 0.2) is 48.5 Å². The first-order chi connectivity index (χ1) is 27.7. The van der Waals surface area contributed by atoms with Crippen LogP contribution in [0.5, 0.6) is 23.5 Å². The van der Waals surface area contributed by atoms with Crippen molar-refractivity contribution in [2.24, 2.45) is 0 Å². The van der Waals surface area contributed by atoms with Gasteiger partial charge in [-0.1, -0.05) is 36.4 Å². The van der Waals surface area contributed by atoms with Crippen molar-refractivity contribution in [3.8, 4) is 34.6 Å². The largest absolute Gasteiger partial charge is 0.481 e. The van der Waals surface area contributed by atoms with Gasteiger partial charge in [0, 0.05) is 35.3 Å². The molecule has 2 heterocycles. The van der Waals surface area contributed by atoms with Crippen molar-refractivity contribution in [1.29, 1.82) is 0 Å². The summed E-state index contributed by atoms with van der Waals surface area (Å²) in [4.78, 5) is 33.0. The molecule has 14 heteroatoms. The average molecular weight is 799 g/mol. The molecule has 6 rings (SSSR count). The number of nitrogens with one attached hydrogen (secondary N) is 2. The first-order valence-electron chi connectivity index (χ1n) is 19.5. The van der Waals surface area contributed by atoms with Crippen LogP contribution in [0.4, 0.5) is 0 Å². The van der Waals surface area contributed by atoms with Crippen LogP contribution in [0.3, 0.4) is 0 Å². The van der Waals surface area contributed by atoms with Crippen LogP contribution >= 0.6 is 0 Å². The Kier molecular flexibility index (Phi) is 12.9. The number of aliphatic hydroxyl groups excluding tert-OH is 2. The van der Waals surface area contributed by atoms with Crippen molar-refractivity contribution in [2.45, 2.75) is 103 Å². The maximum absolute atomic E-state index is 11.7.